The normalized spacial score (nSPS) is 28.2. The van der Waals surface area contributed by atoms with Crippen LogP contribution >= 0.6 is 23.7 Å². The van der Waals surface area contributed by atoms with Crippen molar-refractivity contribution >= 4 is 29.6 Å². The van der Waals surface area contributed by atoms with Gasteiger partial charge >= 0.3 is 0 Å². The van der Waals surface area contributed by atoms with Gasteiger partial charge in [0.2, 0.25) is 0 Å². The number of hydroxylamine groups is 1. The lowest BCUT2D eigenvalue weighted by Gasteiger charge is -2.44. The minimum absolute atomic E-state index is 0.00366. The molecule has 0 aliphatic heterocycles. The van der Waals surface area contributed by atoms with Gasteiger partial charge in [-0.05, 0) is 91.0 Å². The molecular weight excluding hydrogens is 504 g/mol. The zero-order chi connectivity index (χ0) is 26.7. The van der Waals surface area contributed by atoms with E-state index in [2.05, 4.69) is 52.9 Å². The molecule has 0 spiro atoms. The van der Waals surface area contributed by atoms with Crippen LogP contribution in [0.25, 0.3) is 0 Å². The largest absolute Gasteiger partial charge is 0.368 e. The van der Waals surface area contributed by atoms with Gasteiger partial charge in [0.15, 0.2) is 0 Å². The first kappa shape index (κ1) is 31.5. The number of methoxy groups -OCH3 is 1. The Balaban J connectivity index is 1.54. The van der Waals surface area contributed by atoms with Crippen LogP contribution in [0.2, 0.25) is 0 Å². The molecule has 0 radical (unpaired) electrons. The zero-order valence-corrected chi connectivity index (χ0v) is 25.5. The Hall–Kier alpha value is -0.0300. The van der Waals surface area contributed by atoms with Crippen LogP contribution in [0, 0.1) is 0 Å². The van der Waals surface area contributed by atoms with Gasteiger partial charge in [-0.3, -0.25) is 14.4 Å². The van der Waals surface area contributed by atoms with Crippen molar-refractivity contribution < 1.29 is 14.7 Å². The molecule has 0 aromatic heterocycles. The van der Waals surface area contributed by atoms with E-state index in [1.165, 1.54) is 44.9 Å². The number of nitrogens with one attached hydrogen (secondary N) is 2. The fourth-order valence-electron chi connectivity index (χ4n) is 6.46. The van der Waals surface area contributed by atoms with E-state index in [0.717, 1.165) is 68.9 Å². The van der Waals surface area contributed by atoms with Crippen molar-refractivity contribution in [2.45, 2.75) is 131 Å². The van der Waals surface area contributed by atoms with Gasteiger partial charge in [-0.15, -0.1) is 0 Å². The summed E-state index contributed by atoms with van der Waals surface area (Å²) in [6.07, 6.45) is 17.0. The first-order valence-corrected chi connectivity index (χ1v) is 16.7. The number of amides is 1. The maximum absolute atomic E-state index is 13.2. The van der Waals surface area contributed by atoms with Crippen LogP contribution in [0.1, 0.15) is 96.3 Å². The van der Waals surface area contributed by atoms with Crippen molar-refractivity contribution in [1.29, 1.82) is 0 Å². The third-order valence-corrected chi connectivity index (χ3v) is 11.6. The van der Waals surface area contributed by atoms with Gasteiger partial charge < -0.3 is 14.8 Å². The third kappa shape index (κ3) is 9.54. The maximum Gasteiger partial charge on any atom is 0.262 e. The van der Waals surface area contributed by atoms with Crippen molar-refractivity contribution in [1.82, 2.24) is 20.0 Å². The Kier molecular flexibility index (Phi) is 13.9. The highest BCUT2D eigenvalue weighted by atomic mass is 32.2. The second-order valence-electron chi connectivity index (χ2n) is 11.9. The lowest BCUT2D eigenvalue weighted by Crippen LogP contribution is -2.56. The highest BCUT2D eigenvalue weighted by Crippen LogP contribution is 2.35. The number of hydrogen-bond donors (Lipinski definition) is 3. The van der Waals surface area contributed by atoms with E-state index in [1.807, 2.05) is 0 Å². The number of nitrogens with zero attached hydrogens (tertiary/aromatic N) is 2. The van der Waals surface area contributed by atoms with Crippen molar-refractivity contribution in [2.75, 3.05) is 40.6 Å². The SMILES string of the molecule is COC1(C(=O)NSC2CCC(N(C)C(CCN(C)C)CSC3CCCCC3)C(NO)C2)CCCCCC1. The van der Waals surface area contributed by atoms with Gasteiger partial charge in [0.1, 0.15) is 5.60 Å². The highest BCUT2D eigenvalue weighted by molar-refractivity contribution is 8.00. The molecule has 0 aromatic carbocycles. The molecule has 1 amide bonds. The smallest absolute Gasteiger partial charge is 0.262 e. The molecule has 7 nitrogen and oxygen atoms in total. The summed E-state index contributed by atoms with van der Waals surface area (Å²) < 4.78 is 8.96. The Bertz CT molecular complexity index is 657. The second kappa shape index (κ2) is 16.3. The minimum atomic E-state index is -0.675. The van der Waals surface area contributed by atoms with E-state index in [-0.39, 0.29) is 17.2 Å². The number of carbonyl (C=O) groups is 1. The van der Waals surface area contributed by atoms with Gasteiger partial charge in [-0.1, -0.05) is 44.9 Å². The molecular formula is C28H54N4O3S2. The van der Waals surface area contributed by atoms with Crippen molar-refractivity contribution in [2.24, 2.45) is 0 Å². The van der Waals surface area contributed by atoms with Crippen LogP contribution in [-0.2, 0) is 9.53 Å². The molecule has 3 aliphatic rings. The predicted molar refractivity (Wildman–Crippen MR) is 157 cm³/mol. The Morgan fingerprint density at radius 3 is 2.30 bits per heavy atom. The molecule has 0 bridgehead atoms. The molecule has 0 saturated heterocycles. The average Bonchev–Trinajstić information content (AvgIpc) is 3.18. The second-order valence-corrected chi connectivity index (χ2v) is 14.3. The first-order valence-electron chi connectivity index (χ1n) is 14.8. The third-order valence-electron chi connectivity index (χ3n) is 9.05. The Morgan fingerprint density at radius 2 is 1.68 bits per heavy atom. The molecule has 0 heterocycles. The van der Waals surface area contributed by atoms with Crippen molar-refractivity contribution in [3.63, 3.8) is 0 Å². The molecule has 0 aromatic rings. The summed E-state index contributed by atoms with van der Waals surface area (Å²) in [5, 5.41) is 11.2. The van der Waals surface area contributed by atoms with Gasteiger partial charge in [0, 0.05) is 41.5 Å². The molecule has 3 N–H and O–H groups in total. The fraction of sp³-hybridized carbons (Fsp3) is 0.964. The van der Waals surface area contributed by atoms with Crippen molar-refractivity contribution in [3.8, 4) is 0 Å². The van der Waals surface area contributed by atoms with Gasteiger partial charge in [0.05, 0.1) is 0 Å². The van der Waals surface area contributed by atoms with Crippen LogP contribution in [0.3, 0.4) is 0 Å². The van der Waals surface area contributed by atoms with Gasteiger partial charge in [0.25, 0.3) is 5.91 Å². The predicted octanol–water partition coefficient (Wildman–Crippen LogP) is 5.08. The molecule has 4 unspecified atom stereocenters. The number of hydrogen-bond acceptors (Lipinski definition) is 8. The quantitative estimate of drug-likeness (QED) is 0.164. The number of rotatable bonds is 13. The standard InChI is InChI=1S/C28H54N4O3S2/c1-31(2)19-16-22(21-36-23-12-8-7-9-13-23)32(3)26-15-14-24(20-25(26)29-34)37-30-27(33)28(35-4)17-10-5-6-11-18-28/h22-26,29,34H,5-21H2,1-4H3,(H,30,33). The van der Waals surface area contributed by atoms with Crippen LogP contribution in [0.4, 0.5) is 0 Å². The summed E-state index contributed by atoms with van der Waals surface area (Å²) in [6, 6.07) is 0.795. The first-order chi connectivity index (χ1) is 17.9. The molecule has 216 valence electrons. The van der Waals surface area contributed by atoms with E-state index in [4.69, 9.17) is 4.74 Å². The summed E-state index contributed by atoms with van der Waals surface area (Å²) >= 11 is 3.72. The van der Waals surface area contributed by atoms with E-state index < -0.39 is 5.60 Å². The zero-order valence-electron chi connectivity index (χ0n) is 23.9. The maximum atomic E-state index is 13.2. The number of likely N-dealkylation sites (N-methyl/N-ethyl adjacent to an activating group) is 1. The number of thioether (sulfide) groups is 1. The summed E-state index contributed by atoms with van der Waals surface area (Å²) in [5.41, 5.74) is 1.98. The topological polar surface area (TPSA) is 77.1 Å². The fourth-order valence-corrected chi connectivity index (χ4v) is 9.04. The van der Waals surface area contributed by atoms with E-state index in [9.17, 15) is 10.0 Å². The highest BCUT2D eigenvalue weighted by Gasteiger charge is 2.40. The van der Waals surface area contributed by atoms with E-state index in [1.54, 1.807) is 19.1 Å². The van der Waals surface area contributed by atoms with Crippen LogP contribution < -0.4 is 10.2 Å². The minimum Gasteiger partial charge on any atom is -0.368 e. The van der Waals surface area contributed by atoms with Crippen LogP contribution in [0.15, 0.2) is 0 Å². The van der Waals surface area contributed by atoms with Gasteiger partial charge in [-0.2, -0.15) is 11.8 Å². The number of carbonyl (C=O) groups excluding carboxylic acids is 1. The van der Waals surface area contributed by atoms with E-state index in [0.29, 0.717) is 12.1 Å². The number of ether oxygens (including phenoxy) is 1. The average molecular weight is 559 g/mol. The molecule has 3 rings (SSSR count). The monoisotopic (exact) mass is 558 g/mol. The van der Waals surface area contributed by atoms with Crippen molar-refractivity contribution in [3.05, 3.63) is 0 Å². The Morgan fingerprint density at radius 1 is 1.00 bits per heavy atom. The lowest BCUT2D eigenvalue weighted by atomic mass is 9.88. The van der Waals surface area contributed by atoms with E-state index >= 15 is 0 Å². The summed E-state index contributed by atoms with van der Waals surface area (Å²) in [4.78, 5) is 18.0. The molecule has 37 heavy (non-hydrogen) atoms. The molecule has 3 fully saturated rings. The molecule has 3 aliphatic carbocycles. The molecule has 4 atom stereocenters. The summed E-state index contributed by atoms with van der Waals surface area (Å²) in [7, 11) is 8.26. The summed E-state index contributed by atoms with van der Waals surface area (Å²) in [6.45, 7) is 1.08. The van der Waals surface area contributed by atoms with Gasteiger partial charge in [-0.25, -0.2) is 5.48 Å². The van der Waals surface area contributed by atoms with Crippen LogP contribution in [-0.4, -0.2) is 95.7 Å². The van der Waals surface area contributed by atoms with Crippen LogP contribution in [0.5, 0.6) is 0 Å². The molecule has 3 saturated carbocycles. The summed E-state index contributed by atoms with van der Waals surface area (Å²) in [5.74, 6) is 1.19. The Labute approximate surface area is 235 Å². The lowest BCUT2D eigenvalue weighted by molar-refractivity contribution is -0.143. The molecule has 9 heteroatoms.